The van der Waals surface area contributed by atoms with Crippen molar-refractivity contribution in [3.05, 3.63) is 34.6 Å². The van der Waals surface area contributed by atoms with Gasteiger partial charge in [-0.3, -0.25) is 4.79 Å². The minimum absolute atomic E-state index is 0.0894. The van der Waals surface area contributed by atoms with Gasteiger partial charge in [-0.2, -0.15) is 18.3 Å². The molecule has 0 aliphatic heterocycles. The van der Waals surface area contributed by atoms with Crippen molar-refractivity contribution in [2.24, 2.45) is 0 Å². The summed E-state index contributed by atoms with van der Waals surface area (Å²) in [5, 5.41) is 3.30. The van der Waals surface area contributed by atoms with Crippen LogP contribution in [0.4, 0.5) is 13.2 Å². The Balaban J connectivity index is 2.52. The van der Waals surface area contributed by atoms with Crippen LogP contribution in [0.25, 0.3) is 5.52 Å². The molecule has 0 spiro atoms. The second-order valence-corrected chi connectivity index (χ2v) is 6.27. The lowest BCUT2D eigenvalue weighted by molar-refractivity contribution is -0.137. The Labute approximate surface area is 121 Å². The predicted octanol–water partition coefficient (Wildman–Crippen LogP) is 1.70. The fraction of sp³-hybridized carbons (Fsp3) is 0.200. The molecule has 2 heterocycles. The molecule has 1 amide bonds. The van der Waals surface area contributed by atoms with E-state index in [2.05, 4.69) is 5.10 Å². The summed E-state index contributed by atoms with van der Waals surface area (Å²) in [5.41, 5.74) is -1.47. The number of carbonyl (C=O) groups excluding carboxylic acids is 1. The number of hydrogen-bond acceptors (Lipinski definition) is 4. The highest BCUT2D eigenvalue weighted by atomic mass is 35.5. The van der Waals surface area contributed by atoms with Crippen LogP contribution in [0.2, 0.25) is 5.15 Å². The fourth-order valence-electron chi connectivity index (χ4n) is 1.56. The minimum atomic E-state index is -4.61. The number of rotatable bonds is 2. The van der Waals surface area contributed by atoms with Gasteiger partial charge in [0.05, 0.1) is 17.3 Å². The van der Waals surface area contributed by atoms with Gasteiger partial charge in [-0.15, -0.1) is 0 Å². The Hall–Kier alpha value is -1.81. The topological polar surface area (TPSA) is 80.5 Å². The summed E-state index contributed by atoms with van der Waals surface area (Å²) in [5.74, 6) is -1.06. The Bertz CT molecular complexity index is 829. The highest BCUT2D eigenvalue weighted by Gasteiger charge is 2.32. The van der Waals surface area contributed by atoms with E-state index in [9.17, 15) is 26.4 Å². The molecule has 0 aromatic carbocycles. The molecule has 0 saturated carbocycles. The lowest BCUT2D eigenvalue weighted by Gasteiger charge is -2.07. The summed E-state index contributed by atoms with van der Waals surface area (Å²) in [6, 6.07) is 2.40. The Morgan fingerprint density at radius 1 is 1.33 bits per heavy atom. The van der Waals surface area contributed by atoms with Crippen LogP contribution >= 0.6 is 11.6 Å². The molecule has 0 fully saturated rings. The Morgan fingerprint density at radius 2 is 1.95 bits per heavy atom. The van der Waals surface area contributed by atoms with Crippen molar-refractivity contribution < 1.29 is 26.4 Å². The molecule has 0 unspecified atom stereocenters. The van der Waals surface area contributed by atoms with E-state index in [1.165, 1.54) is 0 Å². The second-order valence-electron chi connectivity index (χ2n) is 4.13. The molecular formula is C10H7ClF3N3O3S. The Kier molecular flexibility index (Phi) is 3.62. The third-order valence-corrected chi connectivity index (χ3v) is 3.18. The van der Waals surface area contributed by atoms with E-state index in [1.54, 1.807) is 4.72 Å². The molecule has 114 valence electrons. The maximum absolute atomic E-state index is 12.6. The number of nitrogens with zero attached hydrogens (tertiary/aromatic N) is 2. The largest absolute Gasteiger partial charge is 0.416 e. The zero-order valence-corrected chi connectivity index (χ0v) is 11.8. The van der Waals surface area contributed by atoms with Crippen molar-refractivity contribution in [2.75, 3.05) is 6.26 Å². The monoisotopic (exact) mass is 341 g/mol. The zero-order valence-electron chi connectivity index (χ0n) is 10.3. The van der Waals surface area contributed by atoms with Crippen molar-refractivity contribution in [3.63, 3.8) is 0 Å². The van der Waals surface area contributed by atoms with Gasteiger partial charge in [0.2, 0.25) is 10.0 Å². The first-order valence-corrected chi connectivity index (χ1v) is 7.53. The number of alkyl halides is 3. The first-order valence-electron chi connectivity index (χ1n) is 5.26. The lowest BCUT2D eigenvalue weighted by Crippen LogP contribution is -2.29. The third-order valence-electron chi connectivity index (χ3n) is 2.36. The van der Waals surface area contributed by atoms with Crippen LogP contribution in [0.1, 0.15) is 16.1 Å². The van der Waals surface area contributed by atoms with Gasteiger partial charge in [0, 0.05) is 0 Å². The average molecular weight is 342 g/mol. The quantitative estimate of drug-likeness (QED) is 0.843. The first-order chi connectivity index (χ1) is 9.47. The number of carbonyl (C=O) groups is 1. The van der Waals surface area contributed by atoms with Gasteiger partial charge in [0.1, 0.15) is 5.15 Å². The van der Waals surface area contributed by atoms with Gasteiger partial charge in [-0.05, 0) is 18.2 Å². The van der Waals surface area contributed by atoms with E-state index in [1.807, 2.05) is 0 Å². The number of halogens is 4. The summed E-state index contributed by atoms with van der Waals surface area (Å²) in [4.78, 5) is 11.6. The van der Waals surface area contributed by atoms with Crippen LogP contribution in [0.15, 0.2) is 18.2 Å². The molecule has 21 heavy (non-hydrogen) atoms. The van der Waals surface area contributed by atoms with E-state index < -0.39 is 27.7 Å². The number of aromatic nitrogens is 2. The molecule has 1 N–H and O–H groups in total. The summed E-state index contributed by atoms with van der Waals surface area (Å²) < 4.78 is 62.3. The summed E-state index contributed by atoms with van der Waals surface area (Å²) in [6.07, 6.45) is -3.85. The summed E-state index contributed by atoms with van der Waals surface area (Å²) in [7, 11) is -3.81. The van der Waals surface area contributed by atoms with Crippen LogP contribution < -0.4 is 4.72 Å². The van der Waals surface area contributed by atoms with Crippen molar-refractivity contribution in [3.8, 4) is 0 Å². The van der Waals surface area contributed by atoms with Crippen LogP contribution in [-0.4, -0.2) is 30.2 Å². The van der Waals surface area contributed by atoms with Crippen LogP contribution in [-0.2, 0) is 16.2 Å². The summed E-state index contributed by atoms with van der Waals surface area (Å²) in [6.45, 7) is 0. The summed E-state index contributed by atoms with van der Waals surface area (Å²) >= 11 is 5.67. The smallest absolute Gasteiger partial charge is 0.266 e. The molecule has 2 aromatic heterocycles. The van der Waals surface area contributed by atoms with Gasteiger partial charge in [-0.25, -0.2) is 17.7 Å². The lowest BCUT2D eigenvalue weighted by atomic mass is 10.2. The number of sulfonamides is 1. The van der Waals surface area contributed by atoms with Crippen LogP contribution in [0.3, 0.4) is 0 Å². The van der Waals surface area contributed by atoms with Crippen LogP contribution in [0, 0.1) is 0 Å². The highest BCUT2D eigenvalue weighted by Crippen LogP contribution is 2.32. The van der Waals surface area contributed by atoms with E-state index in [4.69, 9.17) is 11.6 Å². The maximum atomic E-state index is 12.6. The van der Waals surface area contributed by atoms with Gasteiger partial charge < -0.3 is 0 Å². The van der Waals surface area contributed by atoms with Crippen LogP contribution in [0.5, 0.6) is 0 Å². The standard InChI is InChI=1S/C10H7ClF3N3O3S/c1-21(19,20)16-9(18)7-4-6-2-5(10(12,13)14)3-8(11)17(6)15-7/h2-4H,1H3,(H,16,18). The third kappa shape index (κ3) is 3.45. The van der Waals surface area contributed by atoms with E-state index in [0.717, 1.165) is 22.9 Å². The number of pyridine rings is 1. The molecule has 2 rings (SSSR count). The normalized spacial score (nSPS) is 12.6. The molecule has 2 aromatic rings. The molecule has 0 saturated heterocycles. The van der Waals surface area contributed by atoms with E-state index in [0.29, 0.717) is 6.07 Å². The van der Waals surface area contributed by atoms with Crippen molar-refractivity contribution in [1.82, 2.24) is 14.3 Å². The number of nitrogens with one attached hydrogen (secondary N) is 1. The molecular weight excluding hydrogens is 335 g/mol. The molecule has 11 heteroatoms. The van der Waals surface area contributed by atoms with E-state index >= 15 is 0 Å². The molecule has 6 nitrogen and oxygen atoms in total. The van der Waals surface area contributed by atoms with Crippen molar-refractivity contribution >= 4 is 33.0 Å². The average Bonchev–Trinajstić information content (AvgIpc) is 2.69. The molecule has 0 atom stereocenters. The van der Waals surface area contributed by atoms with Gasteiger partial charge in [0.25, 0.3) is 5.91 Å². The van der Waals surface area contributed by atoms with Gasteiger partial charge in [0.15, 0.2) is 5.69 Å². The zero-order chi connectivity index (χ0) is 16.0. The van der Waals surface area contributed by atoms with Crippen molar-refractivity contribution in [2.45, 2.75) is 6.18 Å². The fourth-order valence-corrected chi connectivity index (χ4v) is 2.25. The minimum Gasteiger partial charge on any atom is -0.266 e. The van der Waals surface area contributed by atoms with Gasteiger partial charge >= 0.3 is 6.18 Å². The van der Waals surface area contributed by atoms with Crippen molar-refractivity contribution in [1.29, 1.82) is 0 Å². The SMILES string of the molecule is CS(=O)(=O)NC(=O)c1cc2cc(C(F)(F)F)cc(Cl)n2n1. The Morgan fingerprint density at radius 3 is 2.48 bits per heavy atom. The van der Waals surface area contributed by atoms with E-state index in [-0.39, 0.29) is 16.4 Å². The molecule has 0 aliphatic carbocycles. The molecule has 0 bridgehead atoms. The second kappa shape index (κ2) is 4.88. The van der Waals surface area contributed by atoms with Gasteiger partial charge in [-0.1, -0.05) is 11.6 Å². The predicted molar refractivity (Wildman–Crippen MR) is 67.5 cm³/mol. The highest BCUT2D eigenvalue weighted by molar-refractivity contribution is 7.89. The first kappa shape index (κ1) is 15.6. The maximum Gasteiger partial charge on any atom is 0.416 e. The number of hydrogen-bond donors (Lipinski definition) is 1. The molecule has 0 radical (unpaired) electrons. The molecule has 0 aliphatic rings. The number of amides is 1. The number of fused-ring (bicyclic) bond motifs is 1.